The highest BCUT2D eigenvalue weighted by molar-refractivity contribution is 5.76. The molecule has 0 unspecified atom stereocenters. The predicted octanol–water partition coefficient (Wildman–Crippen LogP) is -2.02. The fraction of sp³-hybridized carbons (Fsp3) is 0.500. The van der Waals surface area contributed by atoms with Gasteiger partial charge in [0, 0.05) is 19.3 Å². The van der Waals surface area contributed by atoms with E-state index in [2.05, 4.69) is 0 Å². The zero-order chi connectivity index (χ0) is 13.1. The highest BCUT2D eigenvalue weighted by atomic mass is 16.5. The first-order valence-corrected chi connectivity index (χ1v) is 5.52. The maximum atomic E-state index is 11.9. The Morgan fingerprint density at radius 2 is 2.06 bits per heavy atom. The third-order valence-electron chi connectivity index (χ3n) is 2.71. The van der Waals surface area contributed by atoms with Gasteiger partial charge in [0.05, 0.1) is 13.2 Å². The standard InChI is InChI=1S/C10H14N4O4/c11-7-5-14(10(17)12-9(7)16)6-8(15)13-1-3-18-4-2-13/h5H,1-4,6,11H2,(H,12,16,17). The lowest BCUT2D eigenvalue weighted by Gasteiger charge is -2.26. The number of nitrogens with zero attached hydrogens (tertiary/aromatic N) is 2. The number of aromatic amines is 1. The lowest BCUT2D eigenvalue weighted by Crippen LogP contribution is -2.44. The summed E-state index contributed by atoms with van der Waals surface area (Å²) < 4.78 is 6.22. The molecule has 8 heteroatoms. The van der Waals surface area contributed by atoms with Gasteiger partial charge in [0.15, 0.2) is 0 Å². The van der Waals surface area contributed by atoms with Gasteiger partial charge in [0.2, 0.25) is 5.91 Å². The molecule has 2 heterocycles. The van der Waals surface area contributed by atoms with E-state index >= 15 is 0 Å². The molecule has 0 bridgehead atoms. The van der Waals surface area contributed by atoms with Gasteiger partial charge in [-0.05, 0) is 0 Å². The fourth-order valence-electron chi connectivity index (χ4n) is 1.70. The van der Waals surface area contributed by atoms with Crippen LogP contribution in [0.1, 0.15) is 0 Å². The number of rotatable bonds is 2. The number of nitrogens with one attached hydrogen (secondary N) is 1. The van der Waals surface area contributed by atoms with E-state index in [0.29, 0.717) is 26.3 Å². The van der Waals surface area contributed by atoms with E-state index in [0.717, 1.165) is 4.57 Å². The van der Waals surface area contributed by atoms with Crippen LogP contribution in [0.15, 0.2) is 15.8 Å². The van der Waals surface area contributed by atoms with Crippen molar-refractivity contribution < 1.29 is 9.53 Å². The third-order valence-corrected chi connectivity index (χ3v) is 2.71. The molecule has 1 aromatic rings. The number of H-pyrrole nitrogens is 1. The van der Waals surface area contributed by atoms with Gasteiger partial charge in [-0.2, -0.15) is 0 Å². The molecular weight excluding hydrogens is 240 g/mol. The summed E-state index contributed by atoms with van der Waals surface area (Å²) in [7, 11) is 0. The van der Waals surface area contributed by atoms with Crippen LogP contribution in [0.25, 0.3) is 0 Å². The summed E-state index contributed by atoms with van der Waals surface area (Å²) in [6, 6.07) is 0. The van der Waals surface area contributed by atoms with E-state index in [1.807, 2.05) is 4.98 Å². The maximum absolute atomic E-state index is 11.9. The fourth-order valence-corrected chi connectivity index (χ4v) is 1.70. The van der Waals surface area contributed by atoms with Gasteiger partial charge >= 0.3 is 5.69 Å². The Labute approximate surface area is 102 Å². The number of nitrogen functional groups attached to an aromatic ring is 1. The number of amides is 1. The van der Waals surface area contributed by atoms with Crippen molar-refractivity contribution in [2.75, 3.05) is 32.0 Å². The van der Waals surface area contributed by atoms with Crippen LogP contribution < -0.4 is 17.0 Å². The summed E-state index contributed by atoms with van der Waals surface area (Å²) in [5.41, 5.74) is 4.02. The molecule has 2 rings (SSSR count). The molecule has 98 valence electrons. The summed E-state index contributed by atoms with van der Waals surface area (Å²) in [5, 5.41) is 0. The molecule has 0 atom stereocenters. The number of nitrogens with two attached hydrogens (primary N) is 1. The number of hydrogen-bond acceptors (Lipinski definition) is 5. The second kappa shape index (κ2) is 5.05. The highest BCUT2D eigenvalue weighted by Gasteiger charge is 2.17. The van der Waals surface area contributed by atoms with Gasteiger partial charge in [-0.25, -0.2) is 4.79 Å². The van der Waals surface area contributed by atoms with Crippen molar-refractivity contribution in [1.29, 1.82) is 0 Å². The van der Waals surface area contributed by atoms with Crippen LogP contribution in [-0.2, 0) is 16.1 Å². The van der Waals surface area contributed by atoms with Crippen molar-refractivity contribution >= 4 is 11.6 Å². The van der Waals surface area contributed by atoms with Gasteiger partial charge < -0.3 is 15.4 Å². The maximum Gasteiger partial charge on any atom is 0.328 e. The monoisotopic (exact) mass is 254 g/mol. The summed E-state index contributed by atoms with van der Waals surface area (Å²) in [5.74, 6) is -0.202. The summed E-state index contributed by atoms with van der Waals surface area (Å²) in [6.45, 7) is 1.86. The van der Waals surface area contributed by atoms with E-state index in [1.54, 1.807) is 4.90 Å². The topological polar surface area (TPSA) is 110 Å². The van der Waals surface area contributed by atoms with Crippen molar-refractivity contribution in [1.82, 2.24) is 14.5 Å². The van der Waals surface area contributed by atoms with E-state index in [4.69, 9.17) is 10.5 Å². The van der Waals surface area contributed by atoms with Crippen LogP contribution in [0.4, 0.5) is 5.69 Å². The number of carbonyl (C=O) groups is 1. The molecule has 1 fully saturated rings. The molecule has 0 aliphatic carbocycles. The zero-order valence-electron chi connectivity index (χ0n) is 9.72. The van der Waals surface area contributed by atoms with Crippen LogP contribution in [0, 0.1) is 0 Å². The van der Waals surface area contributed by atoms with Crippen LogP contribution >= 0.6 is 0 Å². The average Bonchev–Trinajstić information content (AvgIpc) is 2.37. The third kappa shape index (κ3) is 2.59. The molecule has 0 radical (unpaired) electrons. The highest BCUT2D eigenvalue weighted by Crippen LogP contribution is 1.99. The normalized spacial score (nSPS) is 15.7. The molecule has 1 amide bonds. The van der Waals surface area contributed by atoms with Crippen molar-refractivity contribution in [3.05, 3.63) is 27.0 Å². The number of hydrogen-bond donors (Lipinski definition) is 2. The van der Waals surface area contributed by atoms with Crippen LogP contribution in [0.5, 0.6) is 0 Å². The second-order valence-electron chi connectivity index (χ2n) is 3.96. The van der Waals surface area contributed by atoms with Gasteiger partial charge in [-0.15, -0.1) is 0 Å². The van der Waals surface area contributed by atoms with E-state index in [-0.39, 0.29) is 18.1 Å². The van der Waals surface area contributed by atoms with Crippen LogP contribution in [0.2, 0.25) is 0 Å². The Hall–Kier alpha value is -2.09. The number of anilines is 1. The average molecular weight is 254 g/mol. The lowest BCUT2D eigenvalue weighted by atomic mass is 10.4. The van der Waals surface area contributed by atoms with Gasteiger partial charge in [-0.3, -0.25) is 19.1 Å². The van der Waals surface area contributed by atoms with E-state index < -0.39 is 11.2 Å². The molecule has 3 N–H and O–H groups in total. The van der Waals surface area contributed by atoms with E-state index in [9.17, 15) is 14.4 Å². The van der Waals surface area contributed by atoms with Gasteiger partial charge in [0.1, 0.15) is 12.2 Å². The molecule has 0 saturated carbocycles. The minimum Gasteiger partial charge on any atom is -0.393 e. The zero-order valence-corrected chi connectivity index (χ0v) is 9.72. The van der Waals surface area contributed by atoms with Crippen molar-refractivity contribution in [2.45, 2.75) is 6.54 Å². The molecule has 18 heavy (non-hydrogen) atoms. The quantitative estimate of drug-likeness (QED) is 0.633. The molecule has 0 aromatic carbocycles. The Balaban J connectivity index is 2.13. The Morgan fingerprint density at radius 3 is 2.72 bits per heavy atom. The smallest absolute Gasteiger partial charge is 0.328 e. The second-order valence-corrected chi connectivity index (χ2v) is 3.96. The summed E-state index contributed by atoms with van der Waals surface area (Å²) >= 11 is 0. The largest absolute Gasteiger partial charge is 0.393 e. The van der Waals surface area contributed by atoms with Gasteiger partial charge in [-0.1, -0.05) is 0 Å². The Kier molecular flexibility index (Phi) is 3.47. The molecule has 1 aliphatic rings. The SMILES string of the molecule is Nc1cn(CC(=O)N2CCOCC2)c(=O)[nH]c1=O. The molecule has 8 nitrogen and oxygen atoms in total. The number of ether oxygens (including phenoxy) is 1. The molecule has 1 aliphatic heterocycles. The minimum absolute atomic E-state index is 0.0932. The number of morpholine rings is 1. The molecule has 0 spiro atoms. The Morgan fingerprint density at radius 1 is 1.39 bits per heavy atom. The number of carbonyl (C=O) groups excluding carboxylic acids is 1. The molecular formula is C10H14N4O4. The van der Waals surface area contributed by atoms with Crippen molar-refractivity contribution in [2.24, 2.45) is 0 Å². The van der Waals surface area contributed by atoms with Crippen molar-refractivity contribution in [3.8, 4) is 0 Å². The first-order valence-electron chi connectivity index (χ1n) is 5.52. The number of aromatic nitrogens is 2. The van der Waals surface area contributed by atoms with Crippen LogP contribution in [-0.4, -0.2) is 46.7 Å². The predicted molar refractivity (Wildman–Crippen MR) is 63.1 cm³/mol. The lowest BCUT2D eigenvalue weighted by molar-refractivity contribution is -0.135. The molecule has 1 aromatic heterocycles. The first-order chi connectivity index (χ1) is 8.58. The van der Waals surface area contributed by atoms with Crippen LogP contribution in [0.3, 0.4) is 0 Å². The van der Waals surface area contributed by atoms with Crippen molar-refractivity contribution in [3.63, 3.8) is 0 Å². The van der Waals surface area contributed by atoms with E-state index in [1.165, 1.54) is 6.20 Å². The van der Waals surface area contributed by atoms with Gasteiger partial charge in [0.25, 0.3) is 5.56 Å². The summed E-state index contributed by atoms with van der Waals surface area (Å²) in [6.07, 6.45) is 1.18. The minimum atomic E-state index is -0.643. The Bertz CT molecular complexity index is 556. The first kappa shape index (κ1) is 12.4. The summed E-state index contributed by atoms with van der Waals surface area (Å²) in [4.78, 5) is 38.1. The molecule has 1 saturated heterocycles.